The van der Waals surface area contributed by atoms with Crippen molar-refractivity contribution in [1.29, 1.82) is 0 Å². The minimum absolute atomic E-state index is 0.0207. The molecule has 0 saturated carbocycles. The van der Waals surface area contributed by atoms with Crippen LogP contribution in [0.1, 0.15) is 15.9 Å². The third-order valence-corrected chi connectivity index (χ3v) is 4.14. The second kappa shape index (κ2) is 7.68. The normalized spacial score (nSPS) is 11.8. The largest absolute Gasteiger partial charge is 0.480 e. The molecule has 2 aromatic rings. The van der Waals surface area contributed by atoms with Crippen LogP contribution in [-0.4, -0.2) is 23.0 Å². The zero-order chi connectivity index (χ0) is 17.0. The second-order valence-corrected chi connectivity index (χ2v) is 6.03. The predicted octanol–water partition coefficient (Wildman–Crippen LogP) is 4.07. The maximum atomic E-state index is 12.1. The van der Waals surface area contributed by atoms with Crippen LogP contribution < -0.4 is 5.32 Å². The Morgan fingerprint density at radius 2 is 1.57 bits per heavy atom. The maximum absolute atomic E-state index is 12.1. The van der Waals surface area contributed by atoms with E-state index in [-0.39, 0.29) is 6.42 Å². The van der Waals surface area contributed by atoms with Gasteiger partial charge in [0.1, 0.15) is 6.04 Å². The molecule has 23 heavy (non-hydrogen) atoms. The van der Waals surface area contributed by atoms with Gasteiger partial charge in [-0.25, -0.2) is 4.79 Å². The Bertz CT molecular complexity index is 712. The molecule has 4 nitrogen and oxygen atoms in total. The highest BCUT2D eigenvalue weighted by Crippen LogP contribution is 2.25. The molecular weight excluding hydrogens is 361 g/mol. The van der Waals surface area contributed by atoms with E-state index in [9.17, 15) is 14.7 Å². The first-order valence-corrected chi connectivity index (χ1v) is 7.74. The summed E-state index contributed by atoms with van der Waals surface area (Å²) in [6.07, 6.45) is -0.0207. The van der Waals surface area contributed by atoms with E-state index in [0.29, 0.717) is 26.2 Å². The lowest BCUT2D eigenvalue weighted by atomic mass is 10.1. The van der Waals surface area contributed by atoms with Gasteiger partial charge in [-0.3, -0.25) is 4.79 Å². The first-order valence-electron chi connectivity index (χ1n) is 6.60. The molecule has 1 amide bonds. The van der Waals surface area contributed by atoms with Crippen LogP contribution in [0.15, 0.2) is 42.5 Å². The fourth-order valence-corrected chi connectivity index (χ4v) is 2.65. The molecule has 1 atom stereocenters. The van der Waals surface area contributed by atoms with Crippen molar-refractivity contribution in [3.8, 4) is 0 Å². The highest BCUT2D eigenvalue weighted by Gasteiger charge is 2.23. The average molecular weight is 373 g/mol. The van der Waals surface area contributed by atoms with Crippen molar-refractivity contribution in [3.05, 3.63) is 68.7 Å². The van der Waals surface area contributed by atoms with Gasteiger partial charge >= 0.3 is 5.97 Å². The van der Waals surface area contributed by atoms with Gasteiger partial charge in [0, 0.05) is 27.1 Å². The Balaban J connectivity index is 2.17. The third-order valence-electron chi connectivity index (χ3n) is 3.18. The van der Waals surface area contributed by atoms with Gasteiger partial charge in [-0.2, -0.15) is 0 Å². The summed E-state index contributed by atoms with van der Waals surface area (Å²) in [4.78, 5) is 23.6. The molecule has 2 aromatic carbocycles. The van der Waals surface area contributed by atoms with E-state index >= 15 is 0 Å². The summed E-state index contributed by atoms with van der Waals surface area (Å²) >= 11 is 17.8. The molecule has 2 N–H and O–H groups in total. The van der Waals surface area contributed by atoms with Crippen molar-refractivity contribution in [2.45, 2.75) is 12.5 Å². The van der Waals surface area contributed by atoms with E-state index < -0.39 is 17.9 Å². The molecule has 0 aliphatic carbocycles. The number of carbonyl (C=O) groups excluding carboxylic acids is 1. The SMILES string of the molecule is O=C(N[C@@H](Cc1c(Cl)cccc1Cl)C(=O)O)c1ccc(Cl)cc1. The smallest absolute Gasteiger partial charge is 0.326 e. The van der Waals surface area contributed by atoms with Crippen LogP contribution in [0.4, 0.5) is 0 Å². The van der Waals surface area contributed by atoms with Gasteiger partial charge < -0.3 is 10.4 Å². The number of carboxylic acids is 1. The molecule has 0 radical (unpaired) electrons. The van der Waals surface area contributed by atoms with Crippen molar-refractivity contribution >= 4 is 46.7 Å². The molecule has 0 aromatic heterocycles. The summed E-state index contributed by atoms with van der Waals surface area (Å²) in [5, 5.41) is 13.0. The number of nitrogens with one attached hydrogen (secondary N) is 1. The highest BCUT2D eigenvalue weighted by molar-refractivity contribution is 6.36. The van der Waals surface area contributed by atoms with E-state index in [2.05, 4.69) is 5.32 Å². The molecule has 0 aliphatic rings. The Hall–Kier alpha value is -1.75. The van der Waals surface area contributed by atoms with Gasteiger partial charge in [0.05, 0.1) is 0 Å². The van der Waals surface area contributed by atoms with E-state index in [1.54, 1.807) is 30.3 Å². The number of hydrogen-bond donors (Lipinski definition) is 2. The number of carbonyl (C=O) groups is 2. The minimum atomic E-state index is -1.18. The molecule has 0 spiro atoms. The topological polar surface area (TPSA) is 66.4 Å². The lowest BCUT2D eigenvalue weighted by Gasteiger charge is -2.16. The van der Waals surface area contributed by atoms with Crippen LogP contribution in [0.2, 0.25) is 15.1 Å². The Kier molecular flexibility index (Phi) is 5.88. The van der Waals surface area contributed by atoms with Crippen LogP contribution in [0, 0.1) is 0 Å². The van der Waals surface area contributed by atoms with E-state index in [1.807, 2.05) is 0 Å². The van der Waals surface area contributed by atoms with Crippen molar-refractivity contribution < 1.29 is 14.7 Å². The summed E-state index contributed by atoms with van der Waals surface area (Å²) in [6.45, 7) is 0. The van der Waals surface area contributed by atoms with Gasteiger partial charge in [-0.05, 0) is 42.0 Å². The van der Waals surface area contributed by atoms with Crippen molar-refractivity contribution in [1.82, 2.24) is 5.32 Å². The number of carboxylic acid groups (broad SMARTS) is 1. The zero-order valence-electron chi connectivity index (χ0n) is 11.7. The monoisotopic (exact) mass is 371 g/mol. The van der Waals surface area contributed by atoms with Gasteiger partial charge in [0.2, 0.25) is 0 Å². The molecular formula is C16H12Cl3NO3. The molecule has 7 heteroatoms. The number of benzene rings is 2. The first-order chi connectivity index (χ1) is 10.9. The molecule has 0 unspecified atom stereocenters. The van der Waals surface area contributed by atoms with Crippen LogP contribution in [0.3, 0.4) is 0 Å². The Morgan fingerprint density at radius 3 is 2.09 bits per heavy atom. The Labute approximate surface area is 148 Å². The number of hydrogen-bond acceptors (Lipinski definition) is 2. The number of amides is 1. The molecule has 0 bridgehead atoms. The Morgan fingerprint density at radius 1 is 1.00 bits per heavy atom. The highest BCUT2D eigenvalue weighted by atomic mass is 35.5. The zero-order valence-corrected chi connectivity index (χ0v) is 14.0. The van der Waals surface area contributed by atoms with Gasteiger partial charge in [0.15, 0.2) is 0 Å². The fraction of sp³-hybridized carbons (Fsp3) is 0.125. The third kappa shape index (κ3) is 4.61. The van der Waals surface area contributed by atoms with Crippen LogP contribution >= 0.6 is 34.8 Å². The molecule has 120 valence electrons. The quantitative estimate of drug-likeness (QED) is 0.831. The van der Waals surface area contributed by atoms with Gasteiger partial charge in [0.25, 0.3) is 5.91 Å². The number of aliphatic carboxylic acids is 1. The van der Waals surface area contributed by atoms with E-state index in [4.69, 9.17) is 34.8 Å². The molecule has 0 heterocycles. The summed E-state index contributed by atoms with van der Waals surface area (Å²) in [7, 11) is 0. The predicted molar refractivity (Wildman–Crippen MR) is 90.5 cm³/mol. The van der Waals surface area contributed by atoms with Crippen LogP contribution in [0.25, 0.3) is 0 Å². The number of halogens is 3. The van der Waals surface area contributed by atoms with E-state index in [1.165, 1.54) is 12.1 Å². The molecule has 2 rings (SSSR count). The summed E-state index contributed by atoms with van der Waals surface area (Å²) in [5.41, 5.74) is 0.783. The van der Waals surface area contributed by atoms with E-state index in [0.717, 1.165) is 0 Å². The second-order valence-electron chi connectivity index (χ2n) is 4.78. The molecule has 0 saturated heterocycles. The lowest BCUT2D eigenvalue weighted by molar-refractivity contribution is -0.139. The van der Waals surface area contributed by atoms with Crippen molar-refractivity contribution in [2.75, 3.05) is 0 Å². The minimum Gasteiger partial charge on any atom is -0.480 e. The first kappa shape index (κ1) is 17.6. The molecule has 0 aliphatic heterocycles. The van der Waals surface area contributed by atoms with Crippen molar-refractivity contribution in [3.63, 3.8) is 0 Å². The lowest BCUT2D eigenvalue weighted by Crippen LogP contribution is -2.42. The van der Waals surface area contributed by atoms with Gasteiger partial charge in [-0.15, -0.1) is 0 Å². The van der Waals surface area contributed by atoms with Crippen molar-refractivity contribution in [2.24, 2.45) is 0 Å². The van der Waals surface area contributed by atoms with Gasteiger partial charge in [-0.1, -0.05) is 40.9 Å². The summed E-state index contributed by atoms with van der Waals surface area (Å²) < 4.78 is 0. The number of rotatable bonds is 5. The van der Waals surface area contributed by atoms with Crippen LogP contribution in [-0.2, 0) is 11.2 Å². The maximum Gasteiger partial charge on any atom is 0.326 e. The van der Waals surface area contributed by atoms with Crippen LogP contribution in [0.5, 0.6) is 0 Å². The summed E-state index contributed by atoms with van der Waals surface area (Å²) in [6, 6.07) is 9.87. The standard InChI is InChI=1S/C16H12Cl3NO3/c17-10-6-4-9(5-7-10)15(21)20-14(16(22)23)8-11-12(18)2-1-3-13(11)19/h1-7,14H,8H2,(H,20,21)(H,22,23)/t14-/m0/s1. The average Bonchev–Trinajstić information content (AvgIpc) is 2.50. The summed E-state index contributed by atoms with van der Waals surface area (Å²) in [5.74, 6) is -1.69. The molecule has 0 fully saturated rings. The fourth-order valence-electron chi connectivity index (χ4n) is 1.97.